The number of benzene rings is 2. The number of carbonyl (C=O) groups excluding carboxylic acids is 2. The van der Waals surface area contributed by atoms with E-state index in [0.29, 0.717) is 18.7 Å². The molecule has 130 valence electrons. The van der Waals surface area contributed by atoms with Gasteiger partial charge in [0.25, 0.3) is 5.91 Å². The van der Waals surface area contributed by atoms with Gasteiger partial charge < -0.3 is 9.80 Å². The molecule has 0 N–H and O–H groups in total. The van der Waals surface area contributed by atoms with Crippen molar-refractivity contribution < 1.29 is 9.59 Å². The van der Waals surface area contributed by atoms with Crippen LogP contribution in [-0.2, 0) is 4.79 Å². The molecule has 0 unspecified atom stereocenters. The number of hydrogen-bond acceptors (Lipinski definition) is 2. The van der Waals surface area contributed by atoms with Gasteiger partial charge >= 0.3 is 0 Å². The lowest BCUT2D eigenvalue weighted by atomic mass is 10.1. The van der Waals surface area contributed by atoms with Crippen LogP contribution in [0.4, 0.5) is 5.69 Å². The molecule has 1 aliphatic heterocycles. The van der Waals surface area contributed by atoms with Gasteiger partial charge in [0.1, 0.15) is 6.04 Å². The first-order chi connectivity index (χ1) is 11.9. The fraction of sp³-hybridized carbons (Fsp3) is 0.333. The van der Waals surface area contributed by atoms with Crippen LogP contribution < -0.4 is 4.90 Å². The molecule has 2 aromatic carbocycles. The maximum absolute atomic E-state index is 12.9. The lowest BCUT2D eigenvalue weighted by Gasteiger charge is -2.39. The minimum Gasteiger partial charge on any atom is -0.325 e. The molecule has 2 amide bonds. The van der Waals surface area contributed by atoms with Crippen molar-refractivity contribution in [3.05, 3.63) is 64.7 Å². The molecule has 0 aliphatic carbocycles. The molecule has 0 bridgehead atoms. The van der Waals surface area contributed by atoms with Gasteiger partial charge in [0.05, 0.1) is 0 Å². The Kier molecular flexibility index (Phi) is 4.62. The molecule has 0 saturated carbocycles. The largest absolute Gasteiger partial charge is 0.325 e. The van der Waals surface area contributed by atoms with Crippen LogP contribution >= 0.6 is 0 Å². The molecule has 1 saturated heterocycles. The van der Waals surface area contributed by atoms with E-state index in [1.807, 2.05) is 64.1 Å². The number of hydrogen-bond donors (Lipinski definition) is 0. The minimum atomic E-state index is -0.470. The number of amides is 2. The van der Waals surface area contributed by atoms with E-state index in [2.05, 4.69) is 6.07 Å². The Hall–Kier alpha value is -2.62. The van der Waals surface area contributed by atoms with Crippen LogP contribution in [0.3, 0.4) is 0 Å². The fourth-order valence-electron chi connectivity index (χ4n) is 3.45. The van der Waals surface area contributed by atoms with Gasteiger partial charge in [-0.25, -0.2) is 0 Å². The molecule has 0 aromatic heterocycles. The average Bonchev–Trinajstić information content (AvgIpc) is 2.55. The third-order valence-electron chi connectivity index (χ3n) is 4.70. The Morgan fingerprint density at radius 2 is 1.64 bits per heavy atom. The lowest BCUT2D eigenvalue weighted by Crippen LogP contribution is -2.57. The summed E-state index contributed by atoms with van der Waals surface area (Å²) in [6.45, 7) is 8.88. The van der Waals surface area contributed by atoms with Crippen LogP contribution in [0.15, 0.2) is 42.5 Å². The Morgan fingerprint density at radius 1 is 0.960 bits per heavy atom. The monoisotopic (exact) mass is 336 g/mol. The predicted molar refractivity (Wildman–Crippen MR) is 99.9 cm³/mol. The summed E-state index contributed by atoms with van der Waals surface area (Å²) in [6, 6.07) is 13.2. The van der Waals surface area contributed by atoms with Crippen molar-refractivity contribution in [2.24, 2.45) is 0 Å². The summed E-state index contributed by atoms with van der Waals surface area (Å²) in [6.07, 6.45) is 0. The van der Waals surface area contributed by atoms with Crippen LogP contribution in [0.2, 0.25) is 0 Å². The van der Waals surface area contributed by atoms with E-state index in [1.165, 1.54) is 0 Å². The van der Waals surface area contributed by atoms with Crippen molar-refractivity contribution >= 4 is 17.5 Å². The number of anilines is 1. The first-order valence-corrected chi connectivity index (χ1v) is 8.64. The second-order valence-corrected chi connectivity index (χ2v) is 6.88. The first kappa shape index (κ1) is 17.2. The van der Waals surface area contributed by atoms with E-state index < -0.39 is 6.04 Å². The molecule has 0 radical (unpaired) electrons. The van der Waals surface area contributed by atoms with Crippen molar-refractivity contribution in [3.63, 3.8) is 0 Å². The van der Waals surface area contributed by atoms with Gasteiger partial charge in [-0.15, -0.1) is 0 Å². The summed E-state index contributed by atoms with van der Waals surface area (Å²) in [5, 5.41) is 0. The smallest absolute Gasteiger partial charge is 0.254 e. The number of piperazine rings is 1. The number of nitrogens with zero attached hydrogens (tertiary/aromatic N) is 2. The van der Waals surface area contributed by atoms with E-state index in [0.717, 1.165) is 22.4 Å². The summed E-state index contributed by atoms with van der Waals surface area (Å²) < 4.78 is 0. The quantitative estimate of drug-likeness (QED) is 0.842. The standard InChI is InChI=1S/C21H24N2O2/c1-14-6-5-7-18(11-14)21(25)22-8-9-23(20(24)17(22)4)19-12-15(2)10-16(3)13-19/h5-7,10-13,17H,8-9H2,1-4H3/t17-/m1/s1. The number of carbonyl (C=O) groups is 2. The predicted octanol–water partition coefficient (Wildman–Crippen LogP) is 3.49. The van der Waals surface area contributed by atoms with Crippen molar-refractivity contribution in [1.29, 1.82) is 0 Å². The molecular formula is C21H24N2O2. The summed E-state index contributed by atoms with van der Waals surface area (Å²) in [5.41, 5.74) is 4.86. The van der Waals surface area contributed by atoms with Gasteiger partial charge in [-0.1, -0.05) is 23.8 Å². The van der Waals surface area contributed by atoms with Crippen molar-refractivity contribution in [2.45, 2.75) is 33.7 Å². The number of rotatable bonds is 2. The molecule has 2 aromatic rings. The second kappa shape index (κ2) is 6.71. The Labute approximate surface area is 149 Å². The second-order valence-electron chi connectivity index (χ2n) is 6.88. The van der Waals surface area contributed by atoms with Crippen molar-refractivity contribution in [3.8, 4) is 0 Å². The molecule has 1 atom stereocenters. The van der Waals surface area contributed by atoms with Gasteiger partial charge in [0.15, 0.2) is 0 Å². The fourth-order valence-corrected chi connectivity index (χ4v) is 3.45. The van der Waals surface area contributed by atoms with E-state index in [-0.39, 0.29) is 11.8 Å². The average molecular weight is 336 g/mol. The van der Waals surface area contributed by atoms with E-state index in [1.54, 1.807) is 9.80 Å². The van der Waals surface area contributed by atoms with Crippen LogP contribution in [0.5, 0.6) is 0 Å². The molecule has 1 aliphatic rings. The van der Waals surface area contributed by atoms with Crippen LogP contribution in [0.25, 0.3) is 0 Å². The van der Waals surface area contributed by atoms with Crippen molar-refractivity contribution in [2.75, 3.05) is 18.0 Å². The number of aryl methyl sites for hydroxylation is 3. The molecule has 4 heteroatoms. The summed E-state index contributed by atoms with van der Waals surface area (Å²) in [7, 11) is 0. The maximum Gasteiger partial charge on any atom is 0.254 e. The summed E-state index contributed by atoms with van der Waals surface area (Å²) in [5.74, 6) is -0.109. The molecule has 0 spiro atoms. The summed E-state index contributed by atoms with van der Waals surface area (Å²) in [4.78, 5) is 29.2. The maximum atomic E-state index is 12.9. The Morgan fingerprint density at radius 3 is 2.28 bits per heavy atom. The SMILES string of the molecule is Cc1cccc(C(=O)N2CCN(c3cc(C)cc(C)c3)C(=O)[C@H]2C)c1. The van der Waals surface area contributed by atoms with Gasteiger partial charge in [0.2, 0.25) is 5.91 Å². The van der Waals surface area contributed by atoms with Crippen LogP contribution in [0.1, 0.15) is 34.0 Å². The highest BCUT2D eigenvalue weighted by Crippen LogP contribution is 2.24. The van der Waals surface area contributed by atoms with Crippen molar-refractivity contribution in [1.82, 2.24) is 4.90 Å². The topological polar surface area (TPSA) is 40.6 Å². The third-order valence-corrected chi connectivity index (χ3v) is 4.70. The molecule has 4 nitrogen and oxygen atoms in total. The van der Waals surface area contributed by atoms with Gasteiger partial charge in [-0.3, -0.25) is 9.59 Å². The third kappa shape index (κ3) is 3.43. The minimum absolute atomic E-state index is 0.0303. The molecule has 1 fully saturated rings. The first-order valence-electron chi connectivity index (χ1n) is 8.64. The molecular weight excluding hydrogens is 312 g/mol. The molecule has 3 rings (SSSR count). The lowest BCUT2D eigenvalue weighted by molar-refractivity contribution is -0.124. The molecule has 25 heavy (non-hydrogen) atoms. The van der Waals surface area contributed by atoms with Gasteiger partial charge in [-0.05, 0) is 63.1 Å². The Balaban J connectivity index is 1.83. The van der Waals surface area contributed by atoms with Crippen LogP contribution in [0, 0.1) is 20.8 Å². The Bertz CT molecular complexity index is 808. The van der Waals surface area contributed by atoms with Crippen LogP contribution in [-0.4, -0.2) is 35.8 Å². The van der Waals surface area contributed by atoms with E-state index in [4.69, 9.17) is 0 Å². The van der Waals surface area contributed by atoms with Gasteiger partial charge in [0, 0.05) is 24.3 Å². The highest BCUT2D eigenvalue weighted by molar-refractivity contribution is 6.03. The zero-order valence-corrected chi connectivity index (χ0v) is 15.2. The normalized spacial score (nSPS) is 17.8. The zero-order chi connectivity index (χ0) is 18.1. The van der Waals surface area contributed by atoms with E-state index in [9.17, 15) is 9.59 Å². The zero-order valence-electron chi connectivity index (χ0n) is 15.2. The van der Waals surface area contributed by atoms with Gasteiger partial charge in [-0.2, -0.15) is 0 Å². The molecule has 1 heterocycles. The highest BCUT2D eigenvalue weighted by atomic mass is 16.2. The summed E-state index contributed by atoms with van der Waals surface area (Å²) >= 11 is 0. The highest BCUT2D eigenvalue weighted by Gasteiger charge is 2.35. The van der Waals surface area contributed by atoms with E-state index >= 15 is 0 Å².